The van der Waals surface area contributed by atoms with Gasteiger partial charge in [-0.1, -0.05) is 35.9 Å². The lowest BCUT2D eigenvalue weighted by Gasteiger charge is -2.10. The second-order valence-electron chi connectivity index (χ2n) is 6.04. The van der Waals surface area contributed by atoms with Crippen LogP contribution in [0.25, 0.3) is 0 Å². The number of hydrogen-bond acceptors (Lipinski definition) is 3. The van der Waals surface area contributed by atoms with Crippen molar-refractivity contribution in [2.24, 2.45) is 0 Å². The van der Waals surface area contributed by atoms with Gasteiger partial charge in [0.15, 0.2) is 6.61 Å². The van der Waals surface area contributed by atoms with Gasteiger partial charge in [-0.25, -0.2) is 0 Å². The van der Waals surface area contributed by atoms with Crippen LogP contribution in [0, 0.1) is 13.8 Å². The van der Waals surface area contributed by atoms with Crippen LogP contribution in [-0.4, -0.2) is 12.5 Å². The number of amides is 1. The SMILES string of the molecule is Cc1ccc(Oc2ccc(NC(=O)COc3ccccc3C)cc2)cc1. The van der Waals surface area contributed by atoms with Gasteiger partial charge in [0, 0.05) is 5.69 Å². The molecule has 0 atom stereocenters. The van der Waals surface area contributed by atoms with Crippen molar-refractivity contribution in [1.29, 1.82) is 0 Å². The van der Waals surface area contributed by atoms with Gasteiger partial charge in [-0.15, -0.1) is 0 Å². The Kier molecular flexibility index (Phi) is 5.54. The van der Waals surface area contributed by atoms with Gasteiger partial charge in [-0.05, 0) is 61.9 Å². The molecule has 0 saturated heterocycles. The molecule has 0 bridgehead atoms. The molecule has 4 heteroatoms. The summed E-state index contributed by atoms with van der Waals surface area (Å²) < 4.78 is 11.3. The minimum absolute atomic E-state index is 0.0352. The number of rotatable bonds is 6. The first-order valence-electron chi connectivity index (χ1n) is 8.43. The minimum Gasteiger partial charge on any atom is -0.483 e. The van der Waals surface area contributed by atoms with Crippen LogP contribution in [0.1, 0.15) is 11.1 Å². The number of aryl methyl sites for hydroxylation is 2. The van der Waals surface area contributed by atoms with E-state index >= 15 is 0 Å². The zero-order chi connectivity index (χ0) is 18.4. The third-order valence-corrected chi connectivity index (χ3v) is 3.85. The highest BCUT2D eigenvalue weighted by atomic mass is 16.5. The van der Waals surface area contributed by atoms with E-state index in [1.165, 1.54) is 5.56 Å². The van der Waals surface area contributed by atoms with Gasteiger partial charge in [0.05, 0.1) is 0 Å². The molecule has 0 unspecified atom stereocenters. The monoisotopic (exact) mass is 347 g/mol. The van der Waals surface area contributed by atoms with Gasteiger partial charge in [0.2, 0.25) is 0 Å². The molecule has 3 rings (SSSR count). The number of ether oxygens (including phenoxy) is 2. The van der Waals surface area contributed by atoms with E-state index in [0.717, 1.165) is 11.3 Å². The summed E-state index contributed by atoms with van der Waals surface area (Å²) in [6.45, 7) is 3.94. The standard InChI is InChI=1S/C22H21NO3/c1-16-7-11-19(12-8-16)26-20-13-9-18(10-14-20)23-22(24)15-25-21-6-4-3-5-17(21)2/h3-14H,15H2,1-2H3,(H,23,24). The van der Waals surface area contributed by atoms with E-state index in [1.807, 2.05) is 74.5 Å². The lowest BCUT2D eigenvalue weighted by molar-refractivity contribution is -0.118. The van der Waals surface area contributed by atoms with Crippen LogP contribution in [0.15, 0.2) is 72.8 Å². The molecular formula is C22H21NO3. The van der Waals surface area contributed by atoms with Crippen LogP contribution in [0.4, 0.5) is 5.69 Å². The third kappa shape index (κ3) is 4.86. The smallest absolute Gasteiger partial charge is 0.262 e. The van der Waals surface area contributed by atoms with Crippen LogP contribution >= 0.6 is 0 Å². The molecule has 3 aromatic rings. The lowest BCUT2D eigenvalue weighted by Crippen LogP contribution is -2.20. The van der Waals surface area contributed by atoms with Crippen LogP contribution in [0.5, 0.6) is 17.2 Å². The van der Waals surface area contributed by atoms with Crippen LogP contribution in [0.2, 0.25) is 0 Å². The molecular weight excluding hydrogens is 326 g/mol. The third-order valence-electron chi connectivity index (χ3n) is 3.85. The predicted molar refractivity (Wildman–Crippen MR) is 103 cm³/mol. The summed E-state index contributed by atoms with van der Waals surface area (Å²) in [5, 5.41) is 2.81. The van der Waals surface area contributed by atoms with E-state index in [-0.39, 0.29) is 12.5 Å². The van der Waals surface area contributed by atoms with Gasteiger partial charge in [-0.3, -0.25) is 4.79 Å². The van der Waals surface area contributed by atoms with E-state index in [4.69, 9.17) is 9.47 Å². The predicted octanol–water partition coefficient (Wildman–Crippen LogP) is 5.11. The van der Waals surface area contributed by atoms with Crippen LogP contribution in [-0.2, 0) is 4.79 Å². The van der Waals surface area contributed by atoms with E-state index < -0.39 is 0 Å². The molecule has 1 amide bonds. The number of hydrogen-bond donors (Lipinski definition) is 1. The molecule has 0 spiro atoms. The Morgan fingerprint density at radius 3 is 2.12 bits per heavy atom. The topological polar surface area (TPSA) is 47.6 Å². The molecule has 0 saturated carbocycles. The highest BCUT2D eigenvalue weighted by Gasteiger charge is 2.06. The molecule has 0 aliphatic heterocycles. The van der Waals surface area contributed by atoms with E-state index in [9.17, 15) is 4.79 Å². The van der Waals surface area contributed by atoms with Crippen molar-refractivity contribution < 1.29 is 14.3 Å². The van der Waals surface area contributed by atoms with Gasteiger partial charge in [-0.2, -0.15) is 0 Å². The molecule has 0 aliphatic rings. The summed E-state index contributed by atoms with van der Waals surface area (Å²) in [6.07, 6.45) is 0. The fraction of sp³-hybridized carbons (Fsp3) is 0.136. The average Bonchev–Trinajstić information content (AvgIpc) is 2.64. The van der Waals surface area contributed by atoms with Gasteiger partial charge in [0.1, 0.15) is 17.2 Å². The Morgan fingerprint density at radius 1 is 0.846 bits per heavy atom. The van der Waals surface area contributed by atoms with Crippen LogP contribution in [0.3, 0.4) is 0 Å². The van der Waals surface area contributed by atoms with Gasteiger partial charge in [0.25, 0.3) is 5.91 Å². The Bertz CT molecular complexity index is 871. The highest BCUT2D eigenvalue weighted by molar-refractivity contribution is 5.91. The average molecular weight is 347 g/mol. The van der Waals surface area contributed by atoms with E-state index in [2.05, 4.69) is 5.32 Å². The van der Waals surface area contributed by atoms with Crippen molar-refractivity contribution in [2.75, 3.05) is 11.9 Å². The Morgan fingerprint density at radius 2 is 1.46 bits per heavy atom. The fourth-order valence-corrected chi connectivity index (χ4v) is 2.41. The second-order valence-corrected chi connectivity index (χ2v) is 6.04. The molecule has 4 nitrogen and oxygen atoms in total. The maximum absolute atomic E-state index is 12.0. The van der Waals surface area contributed by atoms with Crippen molar-refractivity contribution in [3.63, 3.8) is 0 Å². The zero-order valence-electron chi connectivity index (χ0n) is 14.9. The first kappa shape index (κ1) is 17.5. The second kappa shape index (κ2) is 8.21. The number of anilines is 1. The van der Waals surface area contributed by atoms with E-state index in [0.29, 0.717) is 17.2 Å². The molecule has 26 heavy (non-hydrogen) atoms. The Labute approximate surface area is 153 Å². The molecule has 0 fully saturated rings. The zero-order valence-corrected chi connectivity index (χ0v) is 14.9. The van der Waals surface area contributed by atoms with Crippen LogP contribution < -0.4 is 14.8 Å². The normalized spacial score (nSPS) is 10.2. The summed E-state index contributed by atoms with van der Waals surface area (Å²) in [6, 6.07) is 22.7. The number of carbonyl (C=O) groups is 1. The van der Waals surface area contributed by atoms with Crippen molar-refractivity contribution >= 4 is 11.6 Å². The number of benzene rings is 3. The molecule has 0 heterocycles. The van der Waals surface area contributed by atoms with Crippen molar-refractivity contribution in [3.8, 4) is 17.2 Å². The lowest BCUT2D eigenvalue weighted by atomic mass is 10.2. The summed E-state index contributed by atoms with van der Waals surface area (Å²) in [5.41, 5.74) is 2.88. The Balaban J connectivity index is 1.52. The minimum atomic E-state index is -0.208. The summed E-state index contributed by atoms with van der Waals surface area (Å²) in [7, 11) is 0. The number of nitrogens with one attached hydrogen (secondary N) is 1. The maximum Gasteiger partial charge on any atom is 0.262 e. The number of para-hydroxylation sites is 1. The van der Waals surface area contributed by atoms with Gasteiger partial charge >= 0.3 is 0 Å². The summed E-state index contributed by atoms with van der Waals surface area (Å²) in [5.74, 6) is 1.99. The molecule has 3 aromatic carbocycles. The van der Waals surface area contributed by atoms with Gasteiger partial charge < -0.3 is 14.8 Å². The largest absolute Gasteiger partial charge is 0.483 e. The quantitative estimate of drug-likeness (QED) is 0.674. The van der Waals surface area contributed by atoms with E-state index in [1.54, 1.807) is 12.1 Å². The van der Waals surface area contributed by atoms with Crippen molar-refractivity contribution in [1.82, 2.24) is 0 Å². The molecule has 1 N–H and O–H groups in total. The number of carbonyl (C=O) groups excluding carboxylic acids is 1. The molecule has 0 radical (unpaired) electrons. The maximum atomic E-state index is 12.0. The fourth-order valence-electron chi connectivity index (χ4n) is 2.41. The summed E-state index contributed by atoms with van der Waals surface area (Å²) in [4.78, 5) is 12.0. The molecule has 0 aliphatic carbocycles. The molecule has 0 aromatic heterocycles. The summed E-state index contributed by atoms with van der Waals surface area (Å²) >= 11 is 0. The first-order valence-corrected chi connectivity index (χ1v) is 8.43. The highest BCUT2D eigenvalue weighted by Crippen LogP contribution is 2.23. The Hall–Kier alpha value is -3.27. The molecule has 132 valence electrons. The first-order chi connectivity index (χ1) is 12.6. The van der Waals surface area contributed by atoms with Crippen molar-refractivity contribution in [3.05, 3.63) is 83.9 Å². The van der Waals surface area contributed by atoms with Crippen molar-refractivity contribution in [2.45, 2.75) is 13.8 Å².